The van der Waals surface area contributed by atoms with Crippen LogP contribution in [0.25, 0.3) is 0 Å². The Hall–Kier alpha value is -4.68. The summed E-state index contributed by atoms with van der Waals surface area (Å²) in [5.74, 6) is -6.07. The molecule has 0 bridgehead atoms. The monoisotopic (exact) mass is 600 g/mol. The van der Waals surface area contributed by atoms with Gasteiger partial charge in [-0.05, 0) is 31.6 Å². The van der Waals surface area contributed by atoms with Gasteiger partial charge in [-0.25, -0.2) is 0 Å². The number of carboxylic acid groups (broad SMARTS) is 1. The molecule has 0 rings (SSSR count). The first-order valence-corrected chi connectivity index (χ1v) is 13.1. The molecule has 0 aromatic rings. The summed E-state index contributed by atoms with van der Waals surface area (Å²) in [7, 11) is 0. The van der Waals surface area contributed by atoms with Crippen LogP contribution in [0.15, 0.2) is 9.98 Å². The number of carboxylic acids is 1. The molecule has 17 N–H and O–H groups in total. The Bertz CT molecular complexity index is 1010. The molecule has 0 aliphatic carbocycles. The lowest BCUT2D eigenvalue weighted by molar-refractivity contribution is -0.141. The molecule has 0 saturated carbocycles. The molecule has 0 aromatic heterocycles. The molecule has 0 radical (unpaired) electrons. The van der Waals surface area contributed by atoms with Gasteiger partial charge in [0.15, 0.2) is 11.9 Å². The van der Waals surface area contributed by atoms with E-state index < -0.39 is 72.6 Å². The lowest BCUT2D eigenvalue weighted by Crippen LogP contribution is -2.56. The van der Waals surface area contributed by atoms with E-state index in [1.54, 1.807) is 13.8 Å². The first kappa shape index (κ1) is 37.3. The average molecular weight is 601 g/mol. The van der Waals surface area contributed by atoms with Crippen molar-refractivity contribution in [2.75, 3.05) is 19.6 Å². The van der Waals surface area contributed by atoms with Crippen LogP contribution in [0.1, 0.15) is 46.0 Å². The fraction of sp³-hybridized carbons (Fsp3) is 0.652. The van der Waals surface area contributed by atoms with E-state index in [1.165, 1.54) is 0 Å². The number of guanidine groups is 2. The van der Waals surface area contributed by atoms with E-state index >= 15 is 0 Å². The minimum Gasteiger partial charge on any atom is -0.481 e. The third kappa shape index (κ3) is 16.4. The molecule has 0 heterocycles. The number of rotatable bonds is 20. The number of nitrogens with zero attached hydrogens (tertiary/aromatic N) is 2. The van der Waals surface area contributed by atoms with E-state index in [0.717, 1.165) is 0 Å². The first-order chi connectivity index (χ1) is 19.5. The van der Waals surface area contributed by atoms with Crippen molar-refractivity contribution in [2.45, 2.75) is 70.1 Å². The van der Waals surface area contributed by atoms with Gasteiger partial charge in [0.1, 0.15) is 18.1 Å². The maximum Gasteiger partial charge on any atom is 0.305 e. The van der Waals surface area contributed by atoms with E-state index in [1.807, 2.05) is 0 Å². The Morgan fingerprint density at radius 3 is 1.67 bits per heavy atom. The second-order valence-electron chi connectivity index (χ2n) is 9.63. The number of nitrogens with two attached hydrogens (primary N) is 6. The molecule has 0 aromatic carbocycles. The van der Waals surface area contributed by atoms with Gasteiger partial charge in [-0.2, -0.15) is 0 Å². The summed E-state index contributed by atoms with van der Waals surface area (Å²) in [5.41, 5.74) is 32.3. The lowest BCUT2D eigenvalue weighted by Gasteiger charge is -2.23. The van der Waals surface area contributed by atoms with Gasteiger partial charge in [0.2, 0.25) is 29.5 Å². The second-order valence-corrected chi connectivity index (χ2v) is 9.63. The van der Waals surface area contributed by atoms with Gasteiger partial charge in [-0.1, -0.05) is 13.8 Å². The largest absolute Gasteiger partial charge is 0.481 e. The van der Waals surface area contributed by atoms with Gasteiger partial charge in [-0.15, -0.1) is 0 Å². The van der Waals surface area contributed by atoms with E-state index in [2.05, 4.69) is 31.3 Å². The molecule has 4 atom stereocenters. The quantitative estimate of drug-likeness (QED) is 0.0354. The Balaban J connectivity index is 5.42. The van der Waals surface area contributed by atoms with Crippen molar-refractivity contribution >= 4 is 47.4 Å². The summed E-state index contributed by atoms with van der Waals surface area (Å²) < 4.78 is 0. The van der Waals surface area contributed by atoms with Crippen LogP contribution < -0.4 is 55.7 Å². The van der Waals surface area contributed by atoms with Gasteiger partial charge in [-0.3, -0.25) is 38.8 Å². The fourth-order valence-corrected chi connectivity index (χ4v) is 3.32. The third-order valence-electron chi connectivity index (χ3n) is 5.66. The maximum absolute atomic E-state index is 13.0. The number of aliphatic carboxylic acids is 1. The standard InChI is InChI=1S/C23H44N12O7/c1-11(2)17(24)21(42)35-14(9-16(37)38)19(40)32-10-15(36)33-13(6-4-8-31-23(28)29)20(41)34-12(18(25)39)5-3-7-30-22(26)27/h11-14,17H,3-10,24H2,1-2H3,(H2,25,39)(H,32,40)(H,33,36)(H,34,41)(H,35,42)(H,37,38)(H4,26,27,30)(H4,28,29,31)/t12-,13-,14-,17-/m0/s1. The number of hydrogen-bond acceptors (Lipinski definition) is 9. The van der Waals surface area contributed by atoms with Crippen LogP contribution in [0.4, 0.5) is 0 Å². The Kier molecular flexibility index (Phi) is 17.2. The predicted molar refractivity (Wildman–Crippen MR) is 153 cm³/mol. The number of aliphatic imine (C=N–C) groups is 2. The van der Waals surface area contributed by atoms with Crippen molar-refractivity contribution in [3.05, 3.63) is 0 Å². The molecule has 238 valence electrons. The number of amides is 5. The number of hydrogen-bond donors (Lipinski definition) is 11. The highest BCUT2D eigenvalue weighted by atomic mass is 16.4. The number of primary amides is 1. The lowest BCUT2D eigenvalue weighted by atomic mass is 10.0. The maximum atomic E-state index is 13.0. The first-order valence-electron chi connectivity index (χ1n) is 13.1. The van der Waals surface area contributed by atoms with E-state index in [0.29, 0.717) is 6.42 Å². The molecule has 42 heavy (non-hydrogen) atoms. The Morgan fingerprint density at radius 2 is 1.21 bits per heavy atom. The minimum absolute atomic E-state index is 0.0343. The molecular formula is C23H44N12O7. The van der Waals surface area contributed by atoms with Gasteiger partial charge in [0, 0.05) is 13.1 Å². The van der Waals surface area contributed by atoms with Crippen LogP contribution in [-0.4, -0.2) is 96.3 Å². The zero-order chi connectivity index (χ0) is 32.4. The van der Waals surface area contributed by atoms with Crippen molar-refractivity contribution in [2.24, 2.45) is 50.3 Å². The highest BCUT2D eigenvalue weighted by Gasteiger charge is 2.29. The molecule has 19 heteroatoms. The van der Waals surface area contributed by atoms with Crippen LogP contribution in [0.3, 0.4) is 0 Å². The second kappa shape index (κ2) is 19.4. The Morgan fingerprint density at radius 1 is 0.714 bits per heavy atom. The normalized spacial score (nSPS) is 13.4. The summed E-state index contributed by atoms with van der Waals surface area (Å²) in [6.45, 7) is 2.99. The van der Waals surface area contributed by atoms with Crippen LogP contribution >= 0.6 is 0 Å². The van der Waals surface area contributed by atoms with Crippen LogP contribution in [-0.2, 0) is 28.8 Å². The number of carbonyl (C=O) groups is 6. The van der Waals surface area contributed by atoms with Gasteiger partial charge < -0.3 is 60.8 Å². The molecule has 0 saturated heterocycles. The summed E-state index contributed by atoms with van der Waals surface area (Å²) in [6.07, 6.45) is -0.0591. The van der Waals surface area contributed by atoms with Gasteiger partial charge in [0.05, 0.1) is 19.0 Å². The van der Waals surface area contributed by atoms with E-state index in [9.17, 15) is 28.8 Å². The van der Waals surface area contributed by atoms with Crippen molar-refractivity contribution < 1.29 is 33.9 Å². The summed E-state index contributed by atoms with van der Waals surface area (Å²) >= 11 is 0. The highest BCUT2D eigenvalue weighted by Crippen LogP contribution is 2.04. The molecule has 19 nitrogen and oxygen atoms in total. The highest BCUT2D eigenvalue weighted by molar-refractivity contribution is 5.95. The molecule has 0 fully saturated rings. The number of nitrogens with one attached hydrogen (secondary N) is 4. The van der Waals surface area contributed by atoms with Crippen LogP contribution in [0.2, 0.25) is 0 Å². The van der Waals surface area contributed by atoms with E-state index in [-0.39, 0.29) is 50.2 Å². The molecule has 5 amide bonds. The zero-order valence-corrected chi connectivity index (χ0v) is 23.8. The molecule has 0 aliphatic heterocycles. The zero-order valence-electron chi connectivity index (χ0n) is 23.8. The molecule has 0 aliphatic rings. The van der Waals surface area contributed by atoms with Crippen molar-refractivity contribution in [3.63, 3.8) is 0 Å². The predicted octanol–water partition coefficient (Wildman–Crippen LogP) is -5.39. The summed E-state index contributed by atoms with van der Waals surface area (Å²) in [6, 6.07) is -4.80. The van der Waals surface area contributed by atoms with Crippen molar-refractivity contribution in [1.82, 2.24) is 21.3 Å². The average Bonchev–Trinajstić information content (AvgIpc) is 2.88. The van der Waals surface area contributed by atoms with Gasteiger partial charge >= 0.3 is 5.97 Å². The van der Waals surface area contributed by atoms with Crippen LogP contribution in [0.5, 0.6) is 0 Å². The van der Waals surface area contributed by atoms with Gasteiger partial charge in [0.25, 0.3) is 0 Å². The third-order valence-corrected chi connectivity index (χ3v) is 5.66. The van der Waals surface area contributed by atoms with Crippen molar-refractivity contribution in [1.29, 1.82) is 0 Å². The summed E-state index contributed by atoms with van der Waals surface area (Å²) in [5, 5.41) is 18.5. The smallest absolute Gasteiger partial charge is 0.305 e. The minimum atomic E-state index is -1.51. The number of carbonyl (C=O) groups excluding carboxylic acids is 5. The summed E-state index contributed by atoms with van der Waals surface area (Å²) in [4.78, 5) is 81.1. The fourth-order valence-electron chi connectivity index (χ4n) is 3.32. The molecule has 0 unspecified atom stereocenters. The molecule has 0 spiro atoms. The Labute approximate surface area is 243 Å². The van der Waals surface area contributed by atoms with Crippen LogP contribution in [0, 0.1) is 5.92 Å². The topological polar surface area (TPSA) is 352 Å². The SMILES string of the molecule is CC(C)[C@H](N)C(=O)N[C@@H](CC(=O)O)C(=O)NCC(=O)N[C@@H](CCCN=C(N)N)C(=O)N[C@@H](CCCN=C(N)N)C(N)=O. The van der Waals surface area contributed by atoms with Crippen molar-refractivity contribution in [3.8, 4) is 0 Å². The molecular weight excluding hydrogens is 556 g/mol. The van der Waals surface area contributed by atoms with E-state index in [4.69, 9.17) is 39.5 Å².